The van der Waals surface area contributed by atoms with Gasteiger partial charge in [0, 0.05) is 11.9 Å². The highest BCUT2D eigenvalue weighted by Crippen LogP contribution is 2.37. The first-order valence-electron chi connectivity index (χ1n) is 10.2. The number of anilines is 1. The van der Waals surface area contributed by atoms with Crippen LogP contribution in [0, 0.1) is 0 Å². The van der Waals surface area contributed by atoms with Crippen molar-refractivity contribution in [1.29, 1.82) is 0 Å². The van der Waals surface area contributed by atoms with Gasteiger partial charge in [-0.3, -0.25) is 4.79 Å². The molecule has 0 spiro atoms. The second kappa shape index (κ2) is 8.31. The molecule has 0 radical (unpaired) electrons. The third kappa shape index (κ3) is 3.82. The van der Waals surface area contributed by atoms with Crippen LogP contribution in [0.5, 0.6) is 5.75 Å². The minimum absolute atomic E-state index is 0.403. The molecular weight excluding hydrogens is 410 g/mol. The summed E-state index contributed by atoms with van der Waals surface area (Å²) < 4.78 is 10.5. The lowest BCUT2D eigenvalue weighted by Gasteiger charge is -2.15. The Balaban J connectivity index is 1.59. The molecule has 1 aliphatic heterocycles. The minimum Gasteiger partial charge on any atom is -0.488 e. The number of hydrogen-bond acceptors (Lipinski definition) is 7. The predicted octanol–water partition coefficient (Wildman–Crippen LogP) is 4.18. The highest BCUT2D eigenvalue weighted by molar-refractivity contribution is 7.11. The number of hydrogen-bond donors (Lipinski definition) is 2. The molecule has 0 saturated carbocycles. The maximum Gasteiger partial charge on any atom is 0.250 e. The van der Waals surface area contributed by atoms with Crippen molar-refractivity contribution in [3.63, 3.8) is 0 Å². The molecule has 2 aromatic carbocycles. The third-order valence-corrected chi connectivity index (χ3v) is 6.13. The molecule has 3 heterocycles. The minimum atomic E-state index is -0.496. The number of nitrogens with zero attached hydrogens (tertiary/aromatic N) is 3. The molecule has 0 bridgehead atoms. The van der Waals surface area contributed by atoms with Gasteiger partial charge < -0.3 is 15.8 Å². The normalized spacial score (nSPS) is 13.3. The van der Waals surface area contributed by atoms with Crippen molar-refractivity contribution >= 4 is 34.2 Å². The summed E-state index contributed by atoms with van der Waals surface area (Å²) >= 11 is 1.28. The SMILES string of the molecule is NC(=O)c1cccc2c(-c3nc4c(c(NCc5ccccc5)n3)OCCCC4)snc12. The number of benzene rings is 2. The van der Waals surface area contributed by atoms with Crippen LogP contribution in [0.15, 0.2) is 48.5 Å². The predicted molar refractivity (Wildman–Crippen MR) is 121 cm³/mol. The van der Waals surface area contributed by atoms with Crippen LogP contribution in [0.3, 0.4) is 0 Å². The number of fused-ring (bicyclic) bond motifs is 2. The van der Waals surface area contributed by atoms with Crippen LogP contribution in [-0.2, 0) is 13.0 Å². The van der Waals surface area contributed by atoms with E-state index >= 15 is 0 Å². The summed E-state index contributed by atoms with van der Waals surface area (Å²) in [4.78, 5) is 22.3. The molecular formula is C23H21N5O2S. The zero-order chi connectivity index (χ0) is 21.2. The molecule has 0 atom stereocenters. The number of amides is 1. The van der Waals surface area contributed by atoms with Crippen LogP contribution in [0.25, 0.3) is 21.6 Å². The van der Waals surface area contributed by atoms with Crippen molar-refractivity contribution in [1.82, 2.24) is 14.3 Å². The van der Waals surface area contributed by atoms with E-state index in [0.29, 0.717) is 35.9 Å². The average molecular weight is 432 g/mol. The first-order chi connectivity index (χ1) is 15.2. The Morgan fingerprint density at radius 3 is 2.81 bits per heavy atom. The number of nitrogens with one attached hydrogen (secondary N) is 1. The van der Waals surface area contributed by atoms with Crippen LogP contribution in [0.4, 0.5) is 5.82 Å². The van der Waals surface area contributed by atoms with Crippen molar-refractivity contribution in [2.24, 2.45) is 5.73 Å². The highest BCUT2D eigenvalue weighted by Gasteiger charge is 2.22. The van der Waals surface area contributed by atoms with Crippen molar-refractivity contribution in [3.05, 3.63) is 65.4 Å². The molecule has 5 rings (SSSR count). The Bertz CT molecular complexity index is 1260. The van der Waals surface area contributed by atoms with Gasteiger partial charge in [0.2, 0.25) is 0 Å². The number of primary amides is 1. The molecule has 31 heavy (non-hydrogen) atoms. The van der Waals surface area contributed by atoms with E-state index in [-0.39, 0.29) is 0 Å². The van der Waals surface area contributed by atoms with Crippen LogP contribution in [-0.4, -0.2) is 26.9 Å². The molecule has 0 aliphatic carbocycles. The molecule has 3 N–H and O–H groups in total. The van der Waals surface area contributed by atoms with Gasteiger partial charge in [-0.15, -0.1) is 0 Å². The molecule has 0 unspecified atom stereocenters. The van der Waals surface area contributed by atoms with Crippen LogP contribution in [0.2, 0.25) is 0 Å². The number of ether oxygens (including phenoxy) is 1. The fourth-order valence-electron chi connectivity index (χ4n) is 3.72. The average Bonchev–Trinajstić information content (AvgIpc) is 3.08. The standard InChI is InChI=1S/C23H21N5O2S/c24-21(29)16-10-6-9-15-18(16)28-31-20(15)23-26-17-11-4-5-12-30-19(17)22(27-23)25-13-14-7-2-1-3-8-14/h1-3,6-10H,4-5,11-13H2,(H2,24,29)(H,25,26,27). The summed E-state index contributed by atoms with van der Waals surface area (Å²) in [6.07, 6.45) is 2.82. The quantitative estimate of drug-likeness (QED) is 0.491. The van der Waals surface area contributed by atoms with E-state index in [1.807, 2.05) is 24.3 Å². The first-order valence-corrected chi connectivity index (χ1v) is 11.0. The van der Waals surface area contributed by atoms with Crippen molar-refractivity contribution in [2.45, 2.75) is 25.8 Å². The molecule has 4 aromatic rings. The number of rotatable bonds is 5. The van der Waals surface area contributed by atoms with Crippen molar-refractivity contribution in [2.75, 3.05) is 11.9 Å². The maximum atomic E-state index is 11.8. The topological polar surface area (TPSA) is 103 Å². The molecule has 0 saturated heterocycles. The number of carbonyl (C=O) groups is 1. The summed E-state index contributed by atoms with van der Waals surface area (Å²) in [5, 5.41) is 4.25. The van der Waals surface area contributed by atoms with Crippen LogP contribution < -0.4 is 15.8 Å². The van der Waals surface area contributed by atoms with Gasteiger partial charge in [0.05, 0.1) is 23.4 Å². The van der Waals surface area contributed by atoms with E-state index in [4.69, 9.17) is 20.4 Å². The van der Waals surface area contributed by atoms with Gasteiger partial charge in [0.25, 0.3) is 5.91 Å². The number of aryl methyl sites for hydroxylation is 1. The van der Waals surface area contributed by atoms with Gasteiger partial charge in [0.1, 0.15) is 4.88 Å². The zero-order valence-electron chi connectivity index (χ0n) is 16.8. The van der Waals surface area contributed by atoms with Gasteiger partial charge in [-0.05, 0) is 42.4 Å². The lowest BCUT2D eigenvalue weighted by atomic mass is 10.1. The van der Waals surface area contributed by atoms with Gasteiger partial charge in [-0.2, -0.15) is 4.37 Å². The van der Waals surface area contributed by atoms with Gasteiger partial charge >= 0.3 is 0 Å². The third-order valence-electron chi connectivity index (χ3n) is 5.27. The number of nitrogens with two attached hydrogens (primary N) is 1. The largest absolute Gasteiger partial charge is 0.488 e. The molecule has 7 nitrogen and oxygen atoms in total. The van der Waals surface area contributed by atoms with Crippen molar-refractivity contribution in [3.8, 4) is 16.5 Å². The van der Waals surface area contributed by atoms with E-state index in [1.54, 1.807) is 12.1 Å². The molecule has 156 valence electrons. The summed E-state index contributed by atoms with van der Waals surface area (Å²) in [6, 6.07) is 15.6. The molecule has 8 heteroatoms. The van der Waals surface area contributed by atoms with E-state index in [9.17, 15) is 4.79 Å². The Labute approximate surface area is 183 Å². The molecule has 2 aromatic heterocycles. The molecule has 1 aliphatic rings. The number of aromatic nitrogens is 3. The zero-order valence-corrected chi connectivity index (χ0v) is 17.6. The van der Waals surface area contributed by atoms with Crippen LogP contribution >= 0.6 is 11.5 Å². The van der Waals surface area contributed by atoms with Gasteiger partial charge in [0.15, 0.2) is 17.4 Å². The first kappa shape index (κ1) is 19.4. The number of carbonyl (C=O) groups excluding carboxylic acids is 1. The van der Waals surface area contributed by atoms with Crippen LogP contribution in [0.1, 0.15) is 34.5 Å². The summed E-state index contributed by atoms with van der Waals surface area (Å²) in [6.45, 7) is 1.28. The van der Waals surface area contributed by atoms with E-state index < -0.39 is 5.91 Å². The monoisotopic (exact) mass is 431 g/mol. The van der Waals surface area contributed by atoms with E-state index in [1.165, 1.54) is 11.5 Å². The summed E-state index contributed by atoms with van der Waals surface area (Å²) in [7, 11) is 0. The lowest BCUT2D eigenvalue weighted by molar-refractivity contribution is 0.100. The molecule has 1 amide bonds. The fraction of sp³-hybridized carbons (Fsp3) is 0.217. The smallest absolute Gasteiger partial charge is 0.250 e. The highest BCUT2D eigenvalue weighted by atomic mass is 32.1. The van der Waals surface area contributed by atoms with Crippen molar-refractivity contribution < 1.29 is 9.53 Å². The second-order valence-corrected chi connectivity index (χ2v) is 8.17. The second-order valence-electron chi connectivity index (χ2n) is 7.39. The molecule has 0 fully saturated rings. The fourth-order valence-corrected chi connectivity index (χ4v) is 4.53. The summed E-state index contributed by atoms with van der Waals surface area (Å²) in [5.74, 6) is 1.49. The lowest BCUT2D eigenvalue weighted by Crippen LogP contribution is -2.11. The Hall–Kier alpha value is -3.52. The maximum absolute atomic E-state index is 11.8. The van der Waals surface area contributed by atoms with E-state index in [2.05, 4.69) is 21.8 Å². The Morgan fingerprint density at radius 1 is 1.10 bits per heavy atom. The van der Waals surface area contributed by atoms with Gasteiger partial charge in [-0.1, -0.05) is 42.5 Å². The van der Waals surface area contributed by atoms with Gasteiger partial charge in [-0.25, -0.2) is 9.97 Å². The summed E-state index contributed by atoms with van der Waals surface area (Å²) in [5.41, 5.74) is 8.56. The Kier molecular flexibility index (Phi) is 5.21. The Morgan fingerprint density at radius 2 is 1.97 bits per heavy atom. The van der Waals surface area contributed by atoms with E-state index in [0.717, 1.165) is 46.5 Å².